The summed E-state index contributed by atoms with van der Waals surface area (Å²) in [5.74, 6) is 1.60. The minimum absolute atomic E-state index is 0.167. The molecule has 2 aliphatic carbocycles. The molecule has 1 heterocycles. The molecule has 2 saturated carbocycles. The number of carbonyl (C=O) groups excluding carboxylic acids is 1. The maximum absolute atomic E-state index is 13.3. The van der Waals surface area contributed by atoms with Gasteiger partial charge in [-0.3, -0.25) is 4.79 Å². The molecule has 0 saturated heterocycles. The monoisotopic (exact) mass is 327 g/mol. The number of nitrogens with two attached hydrogens (primary N) is 2. The lowest BCUT2D eigenvalue weighted by Gasteiger charge is -2.45. The highest BCUT2D eigenvalue weighted by Gasteiger charge is 2.42. The lowest BCUT2D eigenvalue weighted by molar-refractivity contribution is -0.125. The van der Waals surface area contributed by atoms with Crippen molar-refractivity contribution in [2.24, 2.45) is 29.2 Å². The molecule has 1 amide bonds. The van der Waals surface area contributed by atoms with Gasteiger partial charge in [0, 0.05) is 30.7 Å². The van der Waals surface area contributed by atoms with Crippen LogP contribution in [0.1, 0.15) is 49.7 Å². The lowest BCUT2D eigenvalue weighted by Crippen LogP contribution is -2.50. The van der Waals surface area contributed by atoms with Gasteiger partial charge in [0.05, 0.1) is 0 Å². The number of rotatable bonds is 2. The maximum atomic E-state index is 13.3. The number of benzene rings is 1. The fourth-order valence-corrected chi connectivity index (χ4v) is 5.22. The van der Waals surface area contributed by atoms with E-state index in [0.29, 0.717) is 30.3 Å². The second-order valence-corrected chi connectivity index (χ2v) is 7.96. The Balaban J connectivity index is 1.56. The molecule has 1 aliphatic heterocycles. The van der Waals surface area contributed by atoms with Gasteiger partial charge >= 0.3 is 0 Å². The number of hydrogen-bond acceptors (Lipinski definition) is 3. The summed E-state index contributed by atoms with van der Waals surface area (Å²) in [5, 5.41) is 0. The molecule has 0 aromatic heterocycles. The van der Waals surface area contributed by atoms with Gasteiger partial charge in [0.15, 0.2) is 0 Å². The average Bonchev–Trinajstić information content (AvgIpc) is 2.60. The fourth-order valence-electron chi connectivity index (χ4n) is 5.22. The standard InChI is InChI=1S/C20H29N3O/c21-12-13-6-7-18-14(9-13)5-2-8-23(18)20(24)17-10-15-3-1-4-16(11-17)19(15)22/h6-7,9,15-17,19H,1-5,8,10-12,21-22H2. The van der Waals surface area contributed by atoms with Gasteiger partial charge in [-0.15, -0.1) is 0 Å². The van der Waals surface area contributed by atoms with Crippen molar-refractivity contribution in [2.75, 3.05) is 11.4 Å². The molecular weight excluding hydrogens is 298 g/mol. The summed E-state index contributed by atoms with van der Waals surface area (Å²) < 4.78 is 0. The topological polar surface area (TPSA) is 72.3 Å². The molecule has 2 atom stereocenters. The summed E-state index contributed by atoms with van der Waals surface area (Å²) in [5.41, 5.74) is 15.7. The van der Waals surface area contributed by atoms with Crippen molar-refractivity contribution in [2.45, 2.75) is 57.5 Å². The van der Waals surface area contributed by atoms with Gasteiger partial charge in [0.1, 0.15) is 0 Å². The van der Waals surface area contributed by atoms with Crippen LogP contribution in [0.2, 0.25) is 0 Å². The van der Waals surface area contributed by atoms with Crippen LogP contribution in [-0.4, -0.2) is 18.5 Å². The Bertz CT molecular complexity index is 615. The van der Waals surface area contributed by atoms with E-state index in [2.05, 4.69) is 23.1 Å². The normalized spacial score (nSPS) is 32.3. The molecule has 0 radical (unpaired) electrons. The summed E-state index contributed by atoms with van der Waals surface area (Å²) >= 11 is 0. The van der Waals surface area contributed by atoms with E-state index in [-0.39, 0.29) is 5.92 Å². The number of hydrogen-bond donors (Lipinski definition) is 2. The van der Waals surface area contributed by atoms with Crippen LogP contribution in [0.4, 0.5) is 5.69 Å². The largest absolute Gasteiger partial charge is 0.327 e. The van der Waals surface area contributed by atoms with Crippen LogP contribution in [0.15, 0.2) is 18.2 Å². The second kappa shape index (κ2) is 6.49. The van der Waals surface area contributed by atoms with Crippen LogP contribution in [0.3, 0.4) is 0 Å². The molecule has 0 spiro atoms. The molecule has 3 aliphatic rings. The first-order valence-electron chi connectivity index (χ1n) is 9.56. The Labute approximate surface area is 144 Å². The molecule has 1 aromatic rings. The highest BCUT2D eigenvalue weighted by molar-refractivity contribution is 5.96. The number of carbonyl (C=O) groups is 1. The first-order chi connectivity index (χ1) is 11.7. The second-order valence-electron chi connectivity index (χ2n) is 7.96. The van der Waals surface area contributed by atoms with Crippen molar-refractivity contribution in [1.82, 2.24) is 0 Å². The van der Waals surface area contributed by atoms with Crippen LogP contribution >= 0.6 is 0 Å². The maximum Gasteiger partial charge on any atom is 0.230 e. The van der Waals surface area contributed by atoms with Gasteiger partial charge in [-0.05, 0) is 67.6 Å². The van der Waals surface area contributed by atoms with E-state index in [1.54, 1.807) is 0 Å². The first kappa shape index (κ1) is 16.1. The Kier molecular flexibility index (Phi) is 4.35. The van der Waals surface area contributed by atoms with Gasteiger partial charge in [-0.25, -0.2) is 0 Å². The van der Waals surface area contributed by atoms with Crippen molar-refractivity contribution in [3.05, 3.63) is 29.3 Å². The predicted molar refractivity (Wildman–Crippen MR) is 96.5 cm³/mol. The van der Waals surface area contributed by atoms with Crippen LogP contribution in [0.5, 0.6) is 0 Å². The molecule has 2 unspecified atom stereocenters. The summed E-state index contributed by atoms with van der Waals surface area (Å²) in [4.78, 5) is 15.3. The zero-order chi connectivity index (χ0) is 16.7. The Hall–Kier alpha value is -1.39. The SMILES string of the molecule is NCc1ccc2c(c1)CCCN2C(=O)C1CC2CCCC(C1)C2N. The van der Waals surface area contributed by atoms with E-state index >= 15 is 0 Å². The van der Waals surface area contributed by atoms with E-state index < -0.39 is 0 Å². The molecule has 4 rings (SSSR count). The minimum atomic E-state index is 0.167. The number of fused-ring (bicyclic) bond motifs is 3. The third-order valence-electron chi connectivity index (χ3n) is 6.53. The zero-order valence-electron chi connectivity index (χ0n) is 14.4. The number of anilines is 1. The lowest BCUT2D eigenvalue weighted by atomic mass is 9.65. The number of amides is 1. The van der Waals surface area contributed by atoms with Crippen LogP contribution in [0, 0.1) is 17.8 Å². The van der Waals surface area contributed by atoms with Crippen LogP contribution in [-0.2, 0) is 17.8 Å². The highest BCUT2D eigenvalue weighted by atomic mass is 16.2. The summed E-state index contributed by atoms with van der Waals surface area (Å²) in [6, 6.07) is 6.67. The predicted octanol–water partition coefficient (Wildman–Crippen LogP) is 2.58. The number of nitrogens with zero attached hydrogens (tertiary/aromatic N) is 1. The first-order valence-corrected chi connectivity index (χ1v) is 9.56. The summed E-state index contributed by atoms with van der Waals surface area (Å²) in [7, 11) is 0. The molecule has 4 nitrogen and oxygen atoms in total. The van der Waals surface area contributed by atoms with E-state index in [9.17, 15) is 4.79 Å². The molecule has 1 aromatic carbocycles. The van der Waals surface area contributed by atoms with E-state index in [1.807, 2.05) is 0 Å². The average molecular weight is 327 g/mol. The van der Waals surface area contributed by atoms with E-state index in [0.717, 1.165) is 43.5 Å². The Morgan fingerprint density at radius 3 is 2.62 bits per heavy atom. The molecular formula is C20H29N3O. The van der Waals surface area contributed by atoms with Gasteiger partial charge in [0.2, 0.25) is 5.91 Å². The highest BCUT2D eigenvalue weighted by Crippen LogP contribution is 2.43. The molecule has 24 heavy (non-hydrogen) atoms. The van der Waals surface area contributed by atoms with Crippen molar-refractivity contribution in [3.63, 3.8) is 0 Å². The van der Waals surface area contributed by atoms with E-state index in [1.165, 1.54) is 24.8 Å². The number of aryl methyl sites for hydroxylation is 1. The van der Waals surface area contributed by atoms with Crippen LogP contribution < -0.4 is 16.4 Å². The minimum Gasteiger partial charge on any atom is -0.327 e. The fraction of sp³-hybridized carbons (Fsp3) is 0.650. The smallest absolute Gasteiger partial charge is 0.230 e. The molecule has 4 heteroatoms. The van der Waals surface area contributed by atoms with Crippen molar-refractivity contribution in [3.8, 4) is 0 Å². The summed E-state index contributed by atoms with van der Waals surface area (Å²) in [6.45, 7) is 1.41. The molecule has 2 bridgehead atoms. The van der Waals surface area contributed by atoms with Crippen molar-refractivity contribution >= 4 is 11.6 Å². The van der Waals surface area contributed by atoms with Crippen LogP contribution in [0.25, 0.3) is 0 Å². The summed E-state index contributed by atoms with van der Waals surface area (Å²) in [6.07, 6.45) is 7.78. The van der Waals surface area contributed by atoms with Gasteiger partial charge in [0.25, 0.3) is 0 Å². The molecule has 4 N–H and O–H groups in total. The zero-order valence-corrected chi connectivity index (χ0v) is 14.4. The Morgan fingerprint density at radius 1 is 1.17 bits per heavy atom. The van der Waals surface area contributed by atoms with Gasteiger partial charge in [-0.1, -0.05) is 18.6 Å². The van der Waals surface area contributed by atoms with Crippen molar-refractivity contribution in [1.29, 1.82) is 0 Å². The Morgan fingerprint density at radius 2 is 1.92 bits per heavy atom. The third-order valence-corrected chi connectivity index (χ3v) is 6.53. The molecule has 130 valence electrons. The van der Waals surface area contributed by atoms with Crippen molar-refractivity contribution < 1.29 is 4.79 Å². The third kappa shape index (κ3) is 2.76. The molecule has 2 fully saturated rings. The van der Waals surface area contributed by atoms with Gasteiger partial charge in [-0.2, -0.15) is 0 Å². The van der Waals surface area contributed by atoms with Gasteiger partial charge < -0.3 is 16.4 Å². The quantitative estimate of drug-likeness (QED) is 0.877. The van der Waals surface area contributed by atoms with E-state index in [4.69, 9.17) is 11.5 Å².